The molecule has 0 aliphatic carbocycles. The van der Waals surface area contributed by atoms with Crippen molar-refractivity contribution in [2.45, 2.75) is 153 Å². The first kappa shape index (κ1) is 113. The Bertz CT molecular complexity index is 3990. The van der Waals surface area contributed by atoms with Crippen molar-refractivity contribution >= 4 is 106 Å². The predicted octanol–water partition coefficient (Wildman–Crippen LogP) is -16.8. The minimum Gasteiger partial charge on any atom is -0.747 e. The predicted molar refractivity (Wildman–Crippen MR) is 391 cm³/mol. The van der Waals surface area contributed by atoms with E-state index in [1.54, 1.807) is 81.4 Å². The van der Waals surface area contributed by atoms with Gasteiger partial charge < -0.3 is 88.4 Å². The molecule has 3 aromatic rings. The molecule has 0 bridgehead atoms. The third-order valence-corrected chi connectivity index (χ3v) is 18.1. The maximum Gasteiger partial charge on any atom is 1.00 e. The molecule has 1 aromatic heterocycles. The summed E-state index contributed by atoms with van der Waals surface area (Å²) >= 11 is 0. The molecule has 1 fully saturated rings. The zero-order chi connectivity index (χ0) is 82.8. The van der Waals surface area contributed by atoms with Gasteiger partial charge in [0.1, 0.15) is 56.5 Å². The van der Waals surface area contributed by atoms with E-state index in [0.29, 0.717) is 29.8 Å². The van der Waals surface area contributed by atoms with Gasteiger partial charge in [-0.05, 0) is 115 Å². The van der Waals surface area contributed by atoms with Crippen LogP contribution in [0.5, 0.6) is 0 Å². The first-order valence-electron chi connectivity index (χ1n) is 34.7. The van der Waals surface area contributed by atoms with E-state index in [2.05, 4.69) is 88.2 Å². The van der Waals surface area contributed by atoms with Gasteiger partial charge in [-0.3, -0.25) is 71.8 Å². The fourth-order valence-electron chi connectivity index (χ4n) is 11.0. The molecule has 39 nitrogen and oxygen atoms in total. The summed E-state index contributed by atoms with van der Waals surface area (Å²) in [7, 11) is -8.61. The van der Waals surface area contributed by atoms with E-state index in [-0.39, 0.29) is 169 Å². The van der Waals surface area contributed by atoms with Gasteiger partial charge in [-0.25, -0.2) is 16.8 Å². The molecule has 114 heavy (non-hydrogen) atoms. The Morgan fingerprint density at radius 3 is 1.62 bits per heavy atom. The number of hydrogen-bond acceptors (Lipinski definition) is 31. The van der Waals surface area contributed by atoms with Crippen LogP contribution in [0.2, 0.25) is 0 Å². The number of nitrogens with one attached hydrogen (secondary N) is 13. The Balaban J connectivity index is -0.00000977. The minimum absolute atomic E-state index is 0. The first-order valence-corrected chi connectivity index (χ1v) is 39.8. The molecule has 2 heterocycles. The standard InChI is InChI=1S/C67H100N14O19S2.4Na.2O3S/c1-8-40(3)48-36-56(85)54(32-43-16-12-10-13-17-43)79-65(92)49(22-26-68-6)77-64(91)52(25-31-74-67(94)59(42(5)83)81-66(93)51(24-29-72-39-102(98,99)100)78-63(90)50(76-62(48)89)23-28-70-9-2)75-61(88)47(37-69-7)35-57(86)58(41(4)82)80-60(87)46(20-27-71-38-101(95,96)97)34-55(84)45-21-30-73-53(33-45)44-18-14-11-15-19-44;;;;;2*1-4(2)3/h10-19,21,30,33,40-42,46-52,54,58-59,68-72,82-83H,6-9,20,22-29,31-32,34-39H2,1-5H3,(H,74,94)(H,75,88)(H,76,89)(H,77,91)(H,78,90)(H,79,92)(H,80,87)(H,81,93)(H,95,96,97)(H,98,99,100);;;;;;/q-2;4*+1;;/p-2/t40-,41+,42+,46+,47+,48-,49-,50-,51-,52-,54+,58-,59-;;;;;;/m0....../s1. The number of benzene rings is 2. The third kappa shape index (κ3) is 46.5. The summed E-state index contributed by atoms with van der Waals surface area (Å²) in [4.78, 5) is 164. The van der Waals surface area contributed by atoms with E-state index in [0.717, 1.165) is 13.8 Å². The molecule has 1 aliphatic heterocycles. The maximum absolute atomic E-state index is 14.9. The number of hydrogen-bond donors (Lipinski definition) is 15. The molecular formula is C67H98N14Na4O25S4. The van der Waals surface area contributed by atoms with Crippen LogP contribution >= 0.6 is 0 Å². The number of aromatic nitrogens is 1. The van der Waals surface area contributed by atoms with Crippen LogP contribution in [-0.2, 0) is 95.8 Å². The summed E-state index contributed by atoms with van der Waals surface area (Å²) in [5, 5.41) is 55.7. The fourth-order valence-corrected chi connectivity index (χ4v) is 11.8. The van der Waals surface area contributed by atoms with Crippen LogP contribution in [0.3, 0.4) is 0 Å². The number of aliphatic hydroxyl groups excluding tert-OH is 2. The topological polar surface area (TPSA) is 614 Å². The number of carbonyl (C=O) groups is 11. The summed E-state index contributed by atoms with van der Waals surface area (Å²) in [6.07, 6.45) is -5.10. The normalized spacial score (nSPS) is 19.6. The van der Waals surface area contributed by atoms with Crippen molar-refractivity contribution in [2.75, 3.05) is 57.6 Å². The molecule has 0 radical (unpaired) electrons. The van der Waals surface area contributed by atoms with Crippen molar-refractivity contribution in [2.24, 2.45) is 23.7 Å². The second-order valence-corrected chi connectivity index (χ2v) is 29.1. The van der Waals surface area contributed by atoms with E-state index in [4.69, 9.17) is 25.3 Å². The van der Waals surface area contributed by atoms with Crippen LogP contribution < -0.4 is 187 Å². The van der Waals surface area contributed by atoms with E-state index < -0.39 is 248 Å². The number of amides is 8. The molecule has 15 N–H and O–H groups in total. The Kier molecular flexibility index (Phi) is 60.2. The molecule has 1 saturated heterocycles. The summed E-state index contributed by atoms with van der Waals surface area (Å²) in [5.74, 6) is -16.7. The zero-order valence-corrected chi connectivity index (χ0v) is 76.5. The van der Waals surface area contributed by atoms with Crippen molar-refractivity contribution in [1.82, 2.24) is 74.1 Å². The van der Waals surface area contributed by atoms with Crippen molar-refractivity contribution < 1.29 is 232 Å². The van der Waals surface area contributed by atoms with Gasteiger partial charge in [-0.1, -0.05) is 87.9 Å². The van der Waals surface area contributed by atoms with Crippen LogP contribution in [-0.4, -0.2) is 243 Å². The van der Waals surface area contributed by atoms with Crippen LogP contribution in [0.15, 0.2) is 79.0 Å². The van der Waals surface area contributed by atoms with Gasteiger partial charge in [-0.2, -0.15) is 0 Å². The van der Waals surface area contributed by atoms with Crippen molar-refractivity contribution in [3.05, 3.63) is 104 Å². The van der Waals surface area contributed by atoms with E-state index in [9.17, 15) is 88.9 Å². The minimum atomic E-state index is -4.83. The number of aliphatic hydroxyl groups is 2. The number of nitrogens with zero attached hydrogens (tertiary/aromatic N) is 1. The van der Waals surface area contributed by atoms with E-state index in [1.165, 1.54) is 18.3 Å². The van der Waals surface area contributed by atoms with Crippen molar-refractivity contribution in [3.8, 4) is 11.3 Å². The fraction of sp³-hybridized carbons (Fsp3) is 0.552. The quantitative estimate of drug-likeness (QED) is 0.00845. The monoisotopic (exact) mass is 1720 g/mol. The molecule has 614 valence electrons. The van der Waals surface area contributed by atoms with Crippen LogP contribution in [0.1, 0.15) is 108 Å². The number of rotatable bonds is 36. The number of pyridine rings is 1. The molecule has 0 saturated carbocycles. The smallest absolute Gasteiger partial charge is 0.747 e. The largest absolute Gasteiger partial charge is 1.00 e. The zero-order valence-electron chi connectivity index (χ0n) is 65.2. The SMILES string of the molecule is O=S(=O)=O.O=S(=O)=O.[CH2-]NCC[C@@H]1NC(=O)[C@@H](NC(=O)[C@@H](CN[CH2-])CC(=O)[C@@H](NC(=O)[C@H](CCNCS(=O)(=O)[O-])CC(=O)c2ccnc(-c3ccccc3)c2)[C@@H](C)O)CCNC(=O)[C@H]([C@@H](C)O)NC(=O)[C@H](CCNCS(=O)(=O)[O-])NC(=O)[C@H](CCNCC)NC(=O)[C@H]([C@@H](C)CC)CC(=O)[C@@H](Cc2ccccc2)NC1=O.[Na+].[Na+].[Na+].[Na+]. The van der Waals surface area contributed by atoms with Crippen molar-refractivity contribution in [1.29, 1.82) is 0 Å². The van der Waals surface area contributed by atoms with Gasteiger partial charge in [0.25, 0.3) is 0 Å². The third-order valence-electron chi connectivity index (χ3n) is 17.0. The molecular weight excluding hydrogens is 1620 g/mol. The van der Waals surface area contributed by atoms with Gasteiger partial charge in [0.15, 0.2) is 17.3 Å². The molecule has 13 atom stereocenters. The number of Topliss-reactive ketones (excluding diaryl/α,β-unsaturated/α-hetero) is 3. The Morgan fingerprint density at radius 2 is 1.11 bits per heavy atom. The van der Waals surface area contributed by atoms with Crippen LogP contribution in [0.25, 0.3) is 11.3 Å². The number of carbonyl (C=O) groups excluding carboxylic acids is 11. The van der Waals surface area contributed by atoms with Gasteiger partial charge >= 0.3 is 139 Å². The summed E-state index contributed by atoms with van der Waals surface area (Å²) in [6.45, 7) is 6.46. The summed E-state index contributed by atoms with van der Waals surface area (Å²) in [6, 6.07) is 8.94. The molecule has 2 aromatic carbocycles. The van der Waals surface area contributed by atoms with E-state index >= 15 is 0 Å². The summed E-state index contributed by atoms with van der Waals surface area (Å²) in [5.41, 5.74) is 1.83. The molecule has 0 unspecified atom stereocenters. The Hall–Kier alpha value is -4.86. The second kappa shape index (κ2) is 60.6. The van der Waals surface area contributed by atoms with Gasteiger partial charge in [0, 0.05) is 55.0 Å². The Morgan fingerprint density at radius 1 is 0.614 bits per heavy atom. The average Bonchev–Trinajstić information content (AvgIpc) is 0.891. The second-order valence-electron chi connectivity index (χ2n) is 25.5. The first-order chi connectivity index (χ1) is 51.8. The average molecular weight is 1720 g/mol. The van der Waals surface area contributed by atoms with Crippen molar-refractivity contribution in [3.63, 3.8) is 0 Å². The number of ketones is 3. The molecule has 0 spiro atoms. The van der Waals surface area contributed by atoms with Gasteiger partial charge in [0.2, 0.25) is 47.3 Å². The molecule has 1 aliphatic rings. The van der Waals surface area contributed by atoms with Crippen LogP contribution in [0, 0.1) is 37.8 Å². The molecule has 4 rings (SSSR count). The van der Waals surface area contributed by atoms with Crippen LogP contribution in [0.4, 0.5) is 0 Å². The van der Waals surface area contributed by atoms with Gasteiger partial charge in [0.05, 0.1) is 41.6 Å². The molecule has 8 amide bonds. The summed E-state index contributed by atoms with van der Waals surface area (Å²) < 4.78 is 120. The Labute approximate surface area is 754 Å². The van der Waals surface area contributed by atoms with E-state index in [1.807, 2.05) is 0 Å². The maximum atomic E-state index is 14.9. The molecule has 47 heteroatoms. The van der Waals surface area contributed by atoms with Gasteiger partial charge in [-0.15, -0.1) is 25.3 Å².